The van der Waals surface area contributed by atoms with Crippen molar-refractivity contribution in [2.45, 2.75) is 44.7 Å². The summed E-state index contributed by atoms with van der Waals surface area (Å²) in [5.74, 6) is 1.65. The molecular formula is C18H26N4O2. The molecule has 1 fully saturated rings. The van der Waals surface area contributed by atoms with Gasteiger partial charge in [-0.2, -0.15) is 0 Å². The molecule has 1 saturated heterocycles. The van der Waals surface area contributed by atoms with E-state index in [1.807, 2.05) is 18.2 Å². The predicted octanol–water partition coefficient (Wildman–Crippen LogP) is 2.45. The molecule has 6 heteroatoms. The highest BCUT2D eigenvalue weighted by atomic mass is 16.5. The smallest absolute Gasteiger partial charge is 0.220 e. The second kappa shape index (κ2) is 7.66. The monoisotopic (exact) mass is 330 g/mol. The number of methoxy groups -OCH3 is 1. The fraction of sp³-hybridized carbons (Fsp3) is 0.556. The zero-order valence-corrected chi connectivity index (χ0v) is 14.5. The number of carbonyl (C=O) groups is 1. The summed E-state index contributed by atoms with van der Waals surface area (Å²) in [4.78, 5) is 22.2. The van der Waals surface area contributed by atoms with E-state index >= 15 is 0 Å². The molecule has 130 valence electrons. The van der Waals surface area contributed by atoms with Crippen LogP contribution in [-0.2, 0) is 11.3 Å². The Hall–Kier alpha value is -2.08. The lowest BCUT2D eigenvalue weighted by atomic mass is 9.98. The first-order valence-electron chi connectivity index (χ1n) is 8.65. The van der Waals surface area contributed by atoms with E-state index in [0.717, 1.165) is 35.6 Å². The maximum Gasteiger partial charge on any atom is 0.220 e. The first-order valence-corrected chi connectivity index (χ1v) is 8.65. The number of ether oxygens (including phenoxy) is 1. The number of aromatic amines is 1. The Labute approximate surface area is 142 Å². The molecule has 1 atom stereocenters. The van der Waals surface area contributed by atoms with Crippen molar-refractivity contribution in [2.24, 2.45) is 0 Å². The van der Waals surface area contributed by atoms with Crippen LogP contribution in [0.4, 0.5) is 0 Å². The summed E-state index contributed by atoms with van der Waals surface area (Å²) in [6, 6.07) is 6.25. The molecule has 0 unspecified atom stereocenters. The zero-order valence-electron chi connectivity index (χ0n) is 14.5. The number of rotatable bonds is 6. The number of carbonyl (C=O) groups excluding carboxylic acids is 1. The predicted molar refractivity (Wildman–Crippen MR) is 94.0 cm³/mol. The number of piperidine rings is 1. The first kappa shape index (κ1) is 16.8. The number of fused-ring (bicyclic) bond motifs is 1. The van der Waals surface area contributed by atoms with Crippen molar-refractivity contribution in [3.63, 3.8) is 0 Å². The fourth-order valence-electron chi connectivity index (χ4n) is 3.33. The van der Waals surface area contributed by atoms with Gasteiger partial charge in [0.15, 0.2) is 0 Å². The molecule has 0 spiro atoms. The molecule has 1 aliphatic heterocycles. The van der Waals surface area contributed by atoms with Crippen LogP contribution in [0.3, 0.4) is 0 Å². The highest BCUT2D eigenvalue weighted by molar-refractivity contribution is 5.78. The summed E-state index contributed by atoms with van der Waals surface area (Å²) in [5, 5.41) is 2.96. The van der Waals surface area contributed by atoms with E-state index in [9.17, 15) is 4.79 Å². The van der Waals surface area contributed by atoms with Crippen LogP contribution in [0.25, 0.3) is 11.0 Å². The highest BCUT2D eigenvalue weighted by Crippen LogP contribution is 2.20. The Bertz CT molecular complexity index is 697. The number of imidazole rings is 1. The average molecular weight is 330 g/mol. The van der Waals surface area contributed by atoms with Gasteiger partial charge in [0.25, 0.3) is 0 Å². The Morgan fingerprint density at radius 2 is 2.33 bits per heavy atom. The summed E-state index contributed by atoms with van der Waals surface area (Å²) in [6.45, 7) is 1.57. The van der Waals surface area contributed by atoms with Gasteiger partial charge in [-0.1, -0.05) is 6.42 Å². The number of likely N-dealkylation sites (tertiary alicyclic amines) is 1. The number of H-pyrrole nitrogens is 1. The zero-order chi connectivity index (χ0) is 16.9. The molecule has 1 amide bonds. The van der Waals surface area contributed by atoms with Crippen LogP contribution in [0.15, 0.2) is 18.2 Å². The maximum atomic E-state index is 12.1. The van der Waals surface area contributed by atoms with E-state index in [2.05, 4.69) is 27.2 Å². The number of hydrogen-bond acceptors (Lipinski definition) is 4. The SMILES string of the molecule is COc1ccc2nc(CNC(=O)CC[C@@H]3CCCCN3C)[nH]c2c1. The minimum Gasteiger partial charge on any atom is -0.497 e. The average Bonchev–Trinajstić information content (AvgIpc) is 3.01. The van der Waals surface area contributed by atoms with Gasteiger partial charge in [-0.15, -0.1) is 0 Å². The molecule has 2 heterocycles. The standard InChI is InChI=1S/C18H26N4O2/c1-22-10-4-3-5-13(22)6-9-18(23)19-12-17-20-15-8-7-14(24-2)11-16(15)21-17/h7-8,11,13H,3-6,9-10,12H2,1-2H3,(H,19,23)(H,20,21)/t13-/m0/s1. The summed E-state index contributed by atoms with van der Waals surface area (Å²) >= 11 is 0. The molecular weight excluding hydrogens is 304 g/mol. The lowest BCUT2D eigenvalue weighted by molar-refractivity contribution is -0.121. The third kappa shape index (κ3) is 4.06. The van der Waals surface area contributed by atoms with Crippen molar-refractivity contribution in [1.29, 1.82) is 0 Å². The van der Waals surface area contributed by atoms with Crippen molar-refractivity contribution in [3.8, 4) is 5.75 Å². The molecule has 0 saturated carbocycles. The second-order valence-electron chi connectivity index (χ2n) is 6.51. The van der Waals surface area contributed by atoms with Crippen molar-refractivity contribution in [3.05, 3.63) is 24.0 Å². The van der Waals surface area contributed by atoms with Crippen molar-refractivity contribution in [1.82, 2.24) is 20.2 Å². The van der Waals surface area contributed by atoms with Crippen LogP contribution >= 0.6 is 0 Å². The third-order valence-electron chi connectivity index (χ3n) is 4.82. The Balaban J connectivity index is 1.49. The largest absolute Gasteiger partial charge is 0.497 e. The lowest BCUT2D eigenvalue weighted by Gasteiger charge is -2.32. The molecule has 0 bridgehead atoms. The van der Waals surface area contributed by atoms with E-state index in [1.54, 1.807) is 7.11 Å². The first-order chi connectivity index (χ1) is 11.7. The highest BCUT2D eigenvalue weighted by Gasteiger charge is 2.19. The van der Waals surface area contributed by atoms with Crippen LogP contribution < -0.4 is 10.1 Å². The lowest BCUT2D eigenvalue weighted by Crippen LogP contribution is -2.37. The molecule has 1 aromatic carbocycles. The summed E-state index contributed by atoms with van der Waals surface area (Å²) in [6.07, 6.45) is 5.26. The number of nitrogens with one attached hydrogen (secondary N) is 2. The van der Waals surface area contributed by atoms with Gasteiger partial charge >= 0.3 is 0 Å². The number of benzene rings is 1. The fourth-order valence-corrected chi connectivity index (χ4v) is 3.33. The summed E-state index contributed by atoms with van der Waals surface area (Å²) in [7, 11) is 3.80. The van der Waals surface area contributed by atoms with E-state index < -0.39 is 0 Å². The van der Waals surface area contributed by atoms with Gasteiger partial charge in [0.2, 0.25) is 5.91 Å². The summed E-state index contributed by atoms with van der Waals surface area (Å²) in [5.41, 5.74) is 1.80. The van der Waals surface area contributed by atoms with Gasteiger partial charge in [-0.05, 0) is 45.0 Å². The number of amides is 1. The minimum absolute atomic E-state index is 0.0898. The Morgan fingerprint density at radius 3 is 3.12 bits per heavy atom. The quantitative estimate of drug-likeness (QED) is 0.853. The molecule has 0 radical (unpaired) electrons. The van der Waals surface area contributed by atoms with Crippen LogP contribution in [0.5, 0.6) is 5.75 Å². The van der Waals surface area contributed by atoms with Crippen LogP contribution in [0.1, 0.15) is 37.9 Å². The van der Waals surface area contributed by atoms with Gasteiger partial charge < -0.3 is 19.9 Å². The van der Waals surface area contributed by atoms with E-state index in [-0.39, 0.29) is 5.91 Å². The maximum absolute atomic E-state index is 12.1. The molecule has 6 nitrogen and oxygen atoms in total. The Morgan fingerprint density at radius 1 is 1.46 bits per heavy atom. The van der Waals surface area contributed by atoms with Crippen molar-refractivity contribution >= 4 is 16.9 Å². The van der Waals surface area contributed by atoms with Crippen LogP contribution in [-0.4, -0.2) is 47.5 Å². The van der Waals surface area contributed by atoms with Crippen molar-refractivity contribution in [2.75, 3.05) is 20.7 Å². The molecule has 0 aliphatic carbocycles. The molecule has 24 heavy (non-hydrogen) atoms. The van der Waals surface area contributed by atoms with E-state index in [1.165, 1.54) is 19.3 Å². The van der Waals surface area contributed by atoms with Crippen LogP contribution in [0.2, 0.25) is 0 Å². The van der Waals surface area contributed by atoms with Gasteiger partial charge in [0, 0.05) is 18.5 Å². The summed E-state index contributed by atoms with van der Waals surface area (Å²) < 4.78 is 5.21. The van der Waals surface area contributed by atoms with Gasteiger partial charge in [0.05, 0.1) is 24.7 Å². The molecule has 2 N–H and O–H groups in total. The normalized spacial score (nSPS) is 18.7. The Kier molecular flexibility index (Phi) is 5.35. The molecule has 3 rings (SSSR count). The van der Waals surface area contributed by atoms with E-state index in [4.69, 9.17) is 4.74 Å². The second-order valence-corrected chi connectivity index (χ2v) is 6.51. The third-order valence-corrected chi connectivity index (χ3v) is 4.82. The van der Waals surface area contributed by atoms with Crippen molar-refractivity contribution < 1.29 is 9.53 Å². The van der Waals surface area contributed by atoms with Gasteiger partial charge in [-0.25, -0.2) is 4.98 Å². The number of nitrogens with zero attached hydrogens (tertiary/aromatic N) is 2. The molecule has 2 aromatic rings. The number of hydrogen-bond donors (Lipinski definition) is 2. The molecule has 1 aliphatic rings. The number of aromatic nitrogens is 2. The molecule has 1 aromatic heterocycles. The van der Waals surface area contributed by atoms with Gasteiger partial charge in [-0.3, -0.25) is 4.79 Å². The van der Waals surface area contributed by atoms with E-state index in [0.29, 0.717) is 19.0 Å². The topological polar surface area (TPSA) is 70.2 Å². The van der Waals surface area contributed by atoms with Crippen LogP contribution in [0, 0.1) is 0 Å². The van der Waals surface area contributed by atoms with Gasteiger partial charge in [0.1, 0.15) is 11.6 Å². The minimum atomic E-state index is 0.0898.